The molecule has 0 saturated carbocycles. The van der Waals surface area contributed by atoms with Crippen LogP contribution in [0.3, 0.4) is 0 Å². The molecule has 1 aromatic heterocycles. The largest absolute Gasteiger partial charge is 0.493 e. The van der Waals surface area contributed by atoms with Crippen LogP contribution in [0, 0.1) is 0 Å². The van der Waals surface area contributed by atoms with E-state index in [1.54, 1.807) is 58.0 Å². The van der Waals surface area contributed by atoms with Crippen LogP contribution < -0.4 is 15.0 Å². The summed E-state index contributed by atoms with van der Waals surface area (Å²) in [7, 11) is 3.34. The van der Waals surface area contributed by atoms with Crippen LogP contribution in [0.4, 0.5) is 10.5 Å². The Balaban J connectivity index is 1.46. The summed E-state index contributed by atoms with van der Waals surface area (Å²) in [5.41, 5.74) is 2.37. The van der Waals surface area contributed by atoms with Crippen LogP contribution in [0.2, 0.25) is 5.02 Å². The molecule has 0 bridgehead atoms. The molecule has 4 rings (SSSR count). The molecule has 0 aliphatic carbocycles. The highest BCUT2D eigenvalue weighted by molar-refractivity contribution is 7.17. The van der Waals surface area contributed by atoms with Crippen molar-refractivity contribution in [1.29, 1.82) is 0 Å². The Morgan fingerprint density at radius 3 is 2.56 bits per heavy atom. The number of likely N-dealkylation sites (N-methyl/N-ethyl adjacent to an activating group) is 1. The highest BCUT2D eigenvalue weighted by atomic mass is 35.5. The van der Waals surface area contributed by atoms with Gasteiger partial charge in [0, 0.05) is 49.6 Å². The van der Waals surface area contributed by atoms with E-state index in [9.17, 15) is 14.4 Å². The minimum atomic E-state index is -0.585. The molecule has 0 atom stereocenters. The molecule has 0 spiro atoms. The summed E-state index contributed by atoms with van der Waals surface area (Å²) in [6.07, 6.45) is 0.195. The monoisotopic (exact) mass is 569 g/mol. The van der Waals surface area contributed by atoms with Gasteiger partial charge in [0.25, 0.3) is 11.8 Å². The van der Waals surface area contributed by atoms with E-state index in [1.807, 2.05) is 30.3 Å². The van der Waals surface area contributed by atoms with Crippen LogP contribution in [0.5, 0.6) is 5.75 Å². The fourth-order valence-electron chi connectivity index (χ4n) is 4.06. The number of fused-ring (bicyclic) bond motifs is 3. The van der Waals surface area contributed by atoms with E-state index in [0.29, 0.717) is 46.5 Å². The Bertz CT molecular complexity index is 1400. The van der Waals surface area contributed by atoms with E-state index in [4.69, 9.17) is 21.1 Å². The molecule has 0 fully saturated rings. The molecule has 0 unspecified atom stereocenters. The van der Waals surface area contributed by atoms with Gasteiger partial charge in [-0.2, -0.15) is 0 Å². The van der Waals surface area contributed by atoms with E-state index in [1.165, 1.54) is 16.2 Å². The molecular formula is C29H32ClN3O5S. The molecule has 3 aromatic rings. The summed E-state index contributed by atoms with van der Waals surface area (Å²) in [5.74, 6) is 0.176. The van der Waals surface area contributed by atoms with E-state index < -0.39 is 11.7 Å². The average molecular weight is 570 g/mol. The molecule has 2 heterocycles. The van der Waals surface area contributed by atoms with Gasteiger partial charge in [0.05, 0.1) is 22.2 Å². The number of carbonyl (C=O) groups excluding carboxylic acids is 3. The summed E-state index contributed by atoms with van der Waals surface area (Å²) in [6, 6.07) is 14.4. The van der Waals surface area contributed by atoms with Crippen LogP contribution in [-0.2, 0) is 11.2 Å². The molecule has 1 N–H and O–H groups in total. The quantitative estimate of drug-likeness (QED) is 0.401. The van der Waals surface area contributed by atoms with Crippen LogP contribution in [-0.4, -0.2) is 62.2 Å². The molecule has 0 radical (unpaired) electrons. The fourth-order valence-corrected chi connectivity index (χ4v) is 5.54. The molecule has 39 heavy (non-hydrogen) atoms. The molecule has 2 aromatic carbocycles. The predicted octanol–water partition coefficient (Wildman–Crippen LogP) is 5.88. The summed E-state index contributed by atoms with van der Waals surface area (Å²) in [5, 5.41) is 3.35. The van der Waals surface area contributed by atoms with Crippen LogP contribution in [0.15, 0.2) is 48.5 Å². The zero-order valence-corrected chi connectivity index (χ0v) is 24.2. The molecule has 3 amide bonds. The number of benzene rings is 2. The van der Waals surface area contributed by atoms with Crippen molar-refractivity contribution in [3.05, 3.63) is 69.6 Å². The minimum Gasteiger partial charge on any atom is -0.493 e. The number of thiophene rings is 1. The number of hydrogen-bond donors (Lipinski definition) is 1. The first-order chi connectivity index (χ1) is 18.4. The number of nitrogens with zero attached hydrogens (tertiary/aromatic N) is 2. The van der Waals surface area contributed by atoms with Crippen molar-refractivity contribution in [1.82, 2.24) is 10.2 Å². The lowest BCUT2D eigenvalue weighted by atomic mass is 10.0. The zero-order chi connectivity index (χ0) is 28.3. The van der Waals surface area contributed by atoms with Crippen LogP contribution in [0.25, 0.3) is 10.4 Å². The van der Waals surface area contributed by atoms with Gasteiger partial charge in [-0.25, -0.2) is 4.79 Å². The molecule has 8 nitrogen and oxygen atoms in total. The standard InChI is InChI=1S/C29H32ClN3O5S/c1-29(2,3)38-28(36)32(4)14-13-31-26(34)19-10-11-20-23(16-19)37-15-12-18-17-24(39-25(18)20)27(35)33(5)22-9-7-6-8-21(22)30/h6-11,16-17H,12-15H2,1-5H3,(H,31,34). The van der Waals surface area contributed by atoms with E-state index >= 15 is 0 Å². The van der Waals surface area contributed by atoms with Gasteiger partial charge in [-0.1, -0.05) is 23.7 Å². The number of nitrogens with one attached hydrogen (secondary N) is 1. The molecule has 1 aliphatic rings. The number of carbonyl (C=O) groups is 3. The molecule has 206 valence electrons. The number of hydrogen-bond acceptors (Lipinski definition) is 6. The third-order valence-corrected chi connectivity index (χ3v) is 7.61. The number of rotatable bonds is 6. The first-order valence-electron chi connectivity index (χ1n) is 12.6. The molecule has 0 saturated heterocycles. The van der Waals surface area contributed by atoms with Crippen molar-refractivity contribution in [2.45, 2.75) is 32.8 Å². The second-order valence-corrected chi connectivity index (χ2v) is 11.7. The maximum absolute atomic E-state index is 13.3. The lowest BCUT2D eigenvalue weighted by Gasteiger charge is -2.24. The predicted molar refractivity (Wildman–Crippen MR) is 154 cm³/mol. The second-order valence-electron chi connectivity index (χ2n) is 10.2. The number of halogens is 1. The molecule has 10 heteroatoms. The van der Waals surface area contributed by atoms with Crippen molar-refractivity contribution in [2.75, 3.05) is 38.7 Å². The van der Waals surface area contributed by atoms with Crippen molar-refractivity contribution in [2.24, 2.45) is 0 Å². The van der Waals surface area contributed by atoms with Gasteiger partial charge in [-0.3, -0.25) is 9.59 Å². The van der Waals surface area contributed by atoms with Crippen LogP contribution >= 0.6 is 22.9 Å². The van der Waals surface area contributed by atoms with Gasteiger partial charge < -0.3 is 24.6 Å². The van der Waals surface area contributed by atoms with E-state index in [0.717, 1.165) is 16.0 Å². The number of anilines is 1. The first kappa shape index (κ1) is 28.4. The Kier molecular flexibility index (Phi) is 8.51. The second kappa shape index (κ2) is 11.7. The van der Waals surface area contributed by atoms with Crippen LogP contribution in [0.1, 0.15) is 46.4 Å². The normalized spacial score (nSPS) is 12.4. The highest BCUT2D eigenvalue weighted by Crippen LogP contribution is 2.42. The maximum atomic E-state index is 13.3. The minimum absolute atomic E-state index is 0.143. The lowest BCUT2D eigenvalue weighted by molar-refractivity contribution is 0.0299. The van der Waals surface area contributed by atoms with Gasteiger partial charge >= 0.3 is 6.09 Å². The van der Waals surface area contributed by atoms with Gasteiger partial charge in [-0.15, -0.1) is 11.3 Å². The summed E-state index contributed by atoms with van der Waals surface area (Å²) in [4.78, 5) is 42.7. The number of para-hydroxylation sites is 1. The lowest BCUT2D eigenvalue weighted by Crippen LogP contribution is -2.39. The van der Waals surface area contributed by atoms with Crippen molar-refractivity contribution in [3.8, 4) is 16.2 Å². The zero-order valence-electron chi connectivity index (χ0n) is 22.7. The Morgan fingerprint density at radius 2 is 1.85 bits per heavy atom. The SMILES string of the molecule is CN(CCNC(=O)c1ccc2c(c1)OCCc1cc(C(=O)N(C)c3ccccc3Cl)sc1-2)C(=O)OC(C)(C)C. The number of amides is 3. The fraction of sp³-hybridized carbons (Fsp3) is 0.345. The van der Waals surface area contributed by atoms with Gasteiger partial charge in [-0.05, 0) is 62.7 Å². The Hall–Kier alpha value is -3.56. The van der Waals surface area contributed by atoms with Gasteiger partial charge in [0.1, 0.15) is 11.4 Å². The first-order valence-corrected chi connectivity index (χ1v) is 13.8. The van der Waals surface area contributed by atoms with E-state index in [2.05, 4.69) is 5.32 Å². The summed E-state index contributed by atoms with van der Waals surface area (Å²) >= 11 is 7.70. The van der Waals surface area contributed by atoms with Crippen molar-refractivity contribution < 1.29 is 23.9 Å². The van der Waals surface area contributed by atoms with Crippen molar-refractivity contribution in [3.63, 3.8) is 0 Å². The third kappa shape index (κ3) is 6.72. The summed E-state index contributed by atoms with van der Waals surface area (Å²) < 4.78 is 11.3. The van der Waals surface area contributed by atoms with Crippen molar-refractivity contribution >= 4 is 46.5 Å². The molecular weight excluding hydrogens is 538 g/mol. The Morgan fingerprint density at radius 1 is 1.10 bits per heavy atom. The molecule has 1 aliphatic heterocycles. The van der Waals surface area contributed by atoms with Gasteiger partial charge in [0.15, 0.2) is 0 Å². The topological polar surface area (TPSA) is 88.2 Å². The summed E-state index contributed by atoms with van der Waals surface area (Å²) in [6.45, 7) is 6.41. The highest BCUT2D eigenvalue weighted by Gasteiger charge is 2.25. The average Bonchev–Trinajstić information content (AvgIpc) is 3.23. The number of ether oxygens (including phenoxy) is 2. The third-order valence-electron chi connectivity index (χ3n) is 6.09. The van der Waals surface area contributed by atoms with E-state index in [-0.39, 0.29) is 18.4 Å². The van der Waals surface area contributed by atoms with Gasteiger partial charge in [0.2, 0.25) is 0 Å². The Labute approximate surface area is 237 Å². The smallest absolute Gasteiger partial charge is 0.410 e. The maximum Gasteiger partial charge on any atom is 0.410 e.